The fraction of sp³-hybridized carbons (Fsp3) is 0.520. The van der Waals surface area contributed by atoms with Crippen LogP contribution in [0.1, 0.15) is 53.9 Å². The molecule has 2 unspecified atom stereocenters. The molecule has 2 atom stereocenters. The molecular formula is C25H32N2O2S. The van der Waals surface area contributed by atoms with Crippen molar-refractivity contribution in [1.29, 1.82) is 0 Å². The minimum Gasteiger partial charge on any atom is -0.303 e. The lowest BCUT2D eigenvalue weighted by Gasteiger charge is -2.39. The molecule has 1 heterocycles. The van der Waals surface area contributed by atoms with Crippen LogP contribution in [-0.2, 0) is 29.3 Å². The van der Waals surface area contributed by atoms with Crippen LogP contribution in [0, 0.1) is 5.92 Å². The smallest absolute Gasteiger partial charge is 0.215 e. The minimum atomic E-state index is -3.53. The van der Waals surface area contributed by atoms with Gasteiger partial charge < -0.3 is 4.90 Å². The second-order valence-electron chi connectivity index (χ2n) is 9.71. The number of fused-ring (bicyclic) bond motifs is 1. The Morgan fingerprint density at radius 3 is 2.37 bits per heavy atom. The Bertz CT molecular complexity index is 1010. The first-order chi connectivity index (χ1) is 14.4. The van der Waals surface area contributed by atoms with Gasteiger partial charge >= 0.3 is 0 Å². The van der Waals surface area contributed by atoms with Crippen LogP contribution in [0.25, 0.3) is 0 Å². The Hall–Kier alpha value is -1.69. The third kappa shape index (κ3) is 3.72. The van der Waals surface area contributed by atoms with E-state index in [1.807, 2.05) is 0 Å². The van der Waals surface area contributed by atoms with Gasteiger partial charge in [-0.2, -0.15) is 0 Å². The number of sulfonamides is 1. The quantitative estimate of drug-likeness (QED) is 0.738. The molecule has 2 aromatic carbocycles. The number of primary sulfonamides is 1. The van der Waals surface area contributed by atoms with Gasteiger partial charge in [-0.1, -0.05) is 55.0 Å². The van der Waals surface area contributed by atoms with E-state index in [0.717, 1.165) is 24.8 Å². The predicted octanol–water partition coefficient (Wildman–Crippen LogP) is 3.64. The van der Waals surface area contributed by atoms with Crippen molar-refractivity contribution in [1.82, 2.24) is 4.90 Å². The van der Waals surface area contributed by atoms with Crippen molar-refractivity contribution in [2.75, 3.05) is 19.6 Å². The third-order valence-electron chi connectivity index (χ3n) is 7.80. The van der Waals surface area contributed by atoms with Crippen LogP contribution in [0.15, 0.2) is 48.5 Å². The number of nitrogens with two attached hydrogens (primary N) is 1. The molecule has 0 aromatic heterocycles. The second kappa shape index (κ2) is 7.77. The molecule has 3 aliphatic rings. The molecule has 2 fully saturated rings. The molecule has 1 aliphatic heterocycles. The van der Waals surface area contributed by atoms with Crippen molar-refractivity contribution in [3.05, 3.63) is 70.8 Å². The fourth-order valence-electron chi connectivity index (χ4n) is 5.70. The van der Waals surface area contributed by atoms with Crippen LogP contribution in [0.3, 0.4) is 0 Å². The van der Waals surface area contributed by atoms with Crippen LogP contribution in [0.5, 0.6) is 0 Å². The summed E-state index contributed by atoms with van der Waals surface area (Å²) in [6.45, 7) is 3.63. The number of likely N-dealkylation sites (tertiary alicyclic amines) is 1. The normalized spacial score (nSPS) is 25.4. The fourth-order valence-corrected chi connectivity index (χ4v) is 6.93. The summed E-state index contributed by atoms with van der Waals surface area (Å²) < 4.78 is 23.8. The van der Waals surface area contributed by atoms with Crippen molar-refractivity contribution in [2.45, 2.75) is 55.6 Å². The molecule has 0 bridgehead atoms. The molecule has 1 saturated heterocycles. The standard InChI is InChI=1S/C25H32N2O2S/c26-30(28,29)25(10-4-11-25)17-20-8-9-21-16-22(18-27-12-5-13-27)24(23(21)15-20)14-19-6-2-1-3-7-19/h1-3,6-9,15,22,24H,4-5,10-14,16-18H2,(H2,26,28,29). The van der Waals surface area contributed by atoms with Crippen molar-refractivity contribution >= 4 is 10.0 Å². The lowest BCUT2D eigenvalue weighted by Crippen LogP contribution is -2.50. The van der Waals surface area contributed by atoms with E-state index in [2.05, 4.69) is 53.4 Å². The van der Waals surface area contributed by atoms with Gasteiger partial charge in [-0.25, -0.2) is 13.6 Å². The van der Waals surface area contributed by atoms with Gasteiger partial charge in [0.15, 0.2) is 0 Å². The Labute approximate surface area is 180 Å². The van der Waals surface area contributed by atoms with E-state index >= 15 is 0 Å². The molecule has 5 rings (SSSR count). The molecule has 2 aromatic rings. The first kappa shape index (κ1) is 20.2. The molecule has 0 spiro atoms. The summed E-state index contributed by atoms with van der Waals surface area (Å²) in [4.78, 5) is 2.58. The van der Waals surface area contributed by atoms with E-state index in [9.17, 15) is 8.42 Å². The van der Waals surface area contributed by atoms with Crippen molar-refractivity contribution in [2.24, 2.45) is 11.1 Å². The topological polar surface area (TPSA) is 63.4 Å². The van der Waals surface area contributed by atoms with Gasteiger partial charge in [-0.15, -0.1) is 0 Å². The minimum absolute atomic E-state index is 0.495. The van der Waals surface area contributed by atoms with Gasteiger partial charge in [0.05, 0.1) is 4.75 Å². The molecular weight excluding hydrogens is 392 g/mol. The summed E-state index contributed by atoms with van der Waals surface area (Å²) in [5.41, 5.74) is 5.40. The highest BCUT2D eigenvalue weighted by Crippen LogP contribution is 2.44. The molecule has 5 heteroatoms. The molecule has 4 nitrogen and oxygen atoms in total. The molecule has 30 heavy (non-hydrogen) atoms. The zero-order valence-corrected chi connectivity index (χ0v) is 18.4. The third-order valence-corrected chi connectivity index (χ3v) is 9.56. The zero-order chi connectivity index (χ0) is 20.8. The van der Waals surface area contributed by atoms with Gasteiger partial charge in [0.25, 0.3) is 0 Å². The number of benzene rings is 2. The lowest BCUT2D eigenvalue weighted by molar-refractivity contribution is 0.145. The lowest BCUT2D eigenvalue weighted by atomic mass is 9.79. The van der Waals surface area contributed by atoms with Gasteiger partial charge in [0, 0.05) is 6.54 Å². The maximum Gasteiger partial charge on any atom is 0.215 e. The van der Waals surface area contributed by atoms with Crippen LogP contribution >= 0.6 is 0 Å². The van der Waals surface area contributed by atoms with Crippen LogP contribution in [0.4, 0.5) is 0 Å². The van der Waals surface area contributed by atoms with Crippen LogP contribution < -0.4 is 5.14 Å². The monoisotopic (exact) mass is 424 g/mol. The molecule has 0 radical (unpaired) electrons. The number of hydrogen-bond donors (Lipinski definition) is 1. The van der Waals surface area contributed by atoms with Crippen molar-refractivity contribution in [3.63, 3.8) is 0 Å². The average Bonchev–Trinajstić information content (AvgIpc) is 2.98. The van der Waals surface area contributed by atoms with E-state index in [4.69, 9.17) is 5.14 Å². The predicted molar refractivity (Wildman–Crippen MR) is 121 cm³/mol. The largest absolute Gasteiger partial charge is 0.303 e. The van der Waals surface area contributed by atoms with Crippen LogP contribution in [0.2, 0.25) is 0 Å². The molecule has 2 aliphatic carbocycles. The number of rotatable bonds is 7. The van der Waals surface area contributed by atoms with E-state index < -0.39 is 14.8 Å². The molecule has 160 valence electrons. The van der Waals surface area contributed by atoms with Gasteiger partial charge in [0.2, 0.25) is 10.0 Å². The van der Waals surface area contributed by atoms with E-state index in [1.165, 1.54) is 42.7 Å². The van der Waals surface area contributed by atoms with Crippen LogP contribution in [-0.4, -0.2) is 37.7 Å². The Kier molecular flexibility index (Phi) is 5.24. The summed E-state index contributed by atoms with van der Waals surface area (Å²) in [7, 11) is -3.53. The summed E-state index contributed by atoms with van der Waals surface area (Å²) in [6, 6.07) is 17.5. The van der Waals surface area contributed by atoms with Gasteiger partial charge in [-0.05, 0) is 85.7 Å². The van der Waals surface area contributed by atoms with E-state index in [1.54, 1.807) is 0 Å². The number of hydrogen-bond acceptors (Lipinski definition) is 3. The second-order valence-corrected chi connectivity index (χ2v) is 11.7. The summed E-state index contributed by atoms with van der Waals surface area (Å²) >= 11 is 0. The maximum absolute atomic E-state index is 12.3. The van der Waals surface area contributed by atoms with Crippen molar-refractivity contribution < 1.29 is 8.42 Å². The summed E-state index contributed by atoms with van der Waals surface area (Å²) in [5.74, 6) is 1.13. The highest BCUT2D eigenvalue weighted by Gasteiger charge is 2.47. The summed E-state index contributed by atoms with van der Waals surface area (Å²) in [5, 5.41) is 5.63. The maximum atomic E-state index is 12.3. The van der Waals surface area contributed by atoms with E-state index in [-0.39, 0.29) is 0 Å². The van der Waals surface area contributed by atoms with E-state index in [0.29, 0.717) is 31.1 Å². The average molecular weight is 425 g/mol. The number of nitrogens with zero attached hydrogens (tertiary/aromatic N) is 1. The summed E-state index contributed by atoms with van der Waals surface area (Å²) in [6.07, 6.45) is 6.38. The Morgan fingerprint density at radius 2 is 1.77 bits per heavy atom. The highest BCUT2D eigenvalue weighted by molar-refractivity contribution is 7.90. The Morgan fingerprint density at radius 1 is 1.00 bits per heavy atom. The molecule has 2 N–H and O–H groups in total. The molecule has 0 amide bonds. The van der Waals surface area contributed by atoms with Gasteiger partial charge in [0.1, 0.15) is 0 Å². The SMILES string of the molecule is NS(=O)(=O)C1(Cc2ccc3c(c2)C(Cc2ccccc2)C(CN2CCC2)C3)CCC1. The highest BCUT2D eigenvalue weighted by atomic mass is 32.2. The van der Waals surface area contributed by atoms with Crippen molar-refractivity contribution in [3.8, 4) is 0 Å². The zero-order valence-electron chi connectivity index (χ0n) is 17.6. The Balaban J connectivity index is 1.43. The first-order valence-electron chi connectivity index (χ1n) is 11.3. The van der Waals surface area contributed by atoms with Gasteiger partial charge in [-0.3, -0.25) is 0 Å². The first-order valence-corrected chi connectivity index (χ1v) is 12.9. The molecule has 1 saturated carbocycles.